The van der Waals surface area contributed by atoms with Gasteiger partial charge in [-0.2, -0.15) is 0 Å². The highest BCUT2D eigenvalue weighted by Gasteiger charge is 2.28. The highest BCUT2D eigenvalue weighted by Crippen LogP contribution is 2.26. The number of urea groups is 1. The third-order valence-electron chi connectivity index (χ3n) is 3.88. The number of nitrogens with zero attached hydrogens (tertiary/aromatic N) is 1. The standard InChI is InChI=1S/C15H19ClN2O3/c1-9-6-12(16)13(7-10(9)2)17-15(21)18-5-3-4-11(8-18)14(19)20/h6-7,11H,3-5,8H2,1-2H3,(H,17,21)(H,19,20). The molecule has 2 N–H and O–H groups in total. The van der Waals surface area contributed by atoms with Crippen LogP contribution in [0, 0.1) is 19.8 Å². The molecule has 5 nitrogen and oxygen atoms in total. The van der Waals surface area contributed by atoms with Gasteiger partial charge in [-0.05, 0) is 49.9 Å². The number of piperidine rings is 1. The molecule has 0 bridgehead atoms. The first-order valence-electron chi connectivity index (χ1n) is 6.94. The van der Waals surface area contributed by atoms with Gasteiger partial charge >= 0.3 is 12.0 Å². The van der Waals surface area contributed by atoms with Crippen LogP contribution in [-0.2, 0) is 4.79 Å². The second kappa shape index (κ2) is 6.35. The van der Waals surface area contributed by atoms with Crippen molar-refractivity contribution in [3.8, 4) is 0 Å². The van der Waals surface area contributed by atoms with Crippen molar-refractivity contribution >= 4 is 29.3 Å². The van der Waals surface area contributed by atoms with E-state index in [4.69, 9.17) is 16.7 Å². The van der Waals surface area contributed by atoms with Gasteiger partial charge in [0.15, 0.2) is 0 Å². The fourth-order valence-corrected chi connectivity index (χ4v) is 2.70. The van der Waals surface area contributed by atoms with Crippen LogP contribution >= 0.6 is 11.6 Å². The number of carboxylic acid groups (broad SMARTS) is 1. The van der Waals surface area contributed by atoms with Crippen LogP contribution in [0.3, 0.4) is 0 Å². The first kappa shape index (κ1) is 15.6. The second-order valence-corrected chi connectivity index (χ2v) is 5.88. The van der Waals surface area contributed by atoms with Crippen LogP contribution in [-0.4, -0.2) is 35.1 Å². The van der Waals surface area contributed by atoms with E-state index in [0.29, 0.717) is 30.1 Å². The lowest BCUT2D eigenvalue weighted by molar-refractivity contribution is -0.143. The minimum atomic E-state index is -0.850. The van der Waals surface area contributed by atoms with E-state index in [1.807, 2.05) is 26.0 Å². The summed E-state index contributed by atoms with van der Waals surface area (Å²) in [6, 6.07) is 3.34. The molecule has 1 aliphatic rings. The average Bonchev–Trinajstić information content (AvgIpc) is 2.44. The third-order valence-corrected chi connectivity index (χ3v) is 4.20. The Kier molecular flexibility index (Phi) is 4.73. The van der Waals surface area contributed by atoms with Gasteiger partial charge in [-0.15, -0.1) is 0 Å². The van der Waals surface area contributed by atoms with E-state index < -0.39 is 11.9 Å². The maximum absolute atomic E-state index is 12.2. The number of amides is 2. The normalized spacial score (nSPS) is 18.4. The van der Waals surface area contributed by atoms with E-state index in [1.165, 1.54) is 4.90 Å². The Morgan fingerprint density at radius 1 is 1.33 bits per heavy atom. The predicted molar refractivity (Wildman–Crippen MR) is 81.9 cm³/mol. The Bertz CT molecular complexity index is 574. The van der Waals surface area contributed by atoms with Crippen molar-refractivity contribution in [3.05, 3.63) is 28.3 Å². The lowest BCUT2D eigenvalue weighted by Gasteiger charge is -2.30. The molecule has 114 valence electrons. The summed E-state index contributed by atoms with van der Waals surface area (Å²) >= 11 is 6.14. The lowest BCUT2D eigenvalue weighted by Crippen LogP contribution is -2.44. The molecular formula is C15H19ClN2O3. The number of rotatable bonds is 2. The second-order valence-electron chi connectivity index (χ2n) is 5.47. The van der Waals surface area contributed by atoms with Crippen molar-refractivity contribution in [1.82, 2.24) is 4.90 Å². The molecule has 6 heteroatoms. The van der Waals surface area contributed by atoms with Crippen molar-refractivity contribution < 1.29 is 14.7 Å². The Balaban J connectivity index is 2.07. The topological polar surface area (TPSA) is 69.6 Å². The minimum absolute atomic E-state index is 0.240. The molecular weight excluding hydrogens is 292 g/mol. The van der Waals surface area contributed by atoms with Crippen molar-refractivity contribution in [2.45, 2.75) is 26.7 Å². The fraction of sp³-hybridized carbons (Fsp3) is 0.467. The number of halogens is 1. The van der Waals surface area contributed by atoms with Crippen molar-refractivity contribution in [1.29, 1.82) is 0 Å². The minimum Gasteiger partial charge on any atom is -0.481 e. The van der Waals surface area contributed by atoms with E-state index >= 15 is 0 Å². The van der Waals surface area contributed by atoms with Gasteiger partial charge in [-0.25, -0.2) is 4.79 Å². The maximum Gasteiger partial charge on any atom is 0.321 e. The van der Waals surface area contributed by atoms with E-state index in [1.54, 1.807) is 0 Å². The first-order chi connectivity index (χ1) is 9.88. The van der Waals surface area contributed by atoms with Crippen LogP contribution in [0.1, 0.15) is 24.0 Å². The monoisotopic (exact) mass is 310 g/mol. The van der Waals surface area contributed by atoms with Crippen LogP contribution in [0.15, 0.2) is 12.1 Å². The van der Waals surface area contributed by atoms with Gasteiger partial charge in [0, 0.05) is 13.1 Å². The van der Waals surface area contributed by atoms with Crippen molar-refractivity contribution in [3.63, 3.8) is 0 Å². The summed E-state index contributed by atoms with van der Waals surface area (Å²) in [6.45, 7) is 4.71. The lowest BCUT2D eigenvalue weighted by atomic mass is 9.99. The SMILES string of the molecule is Cc1cc(Cl)c(NC(=O)N2CCCC(C(=O)O)C2)cc1C. The Hall–Kier alpha value is -1.75. The molecule has 1 aromatic carbocycles. The molecule has 1 aliphatic heterocycles. The van der Waals surface area contributed by atoms with E-state index in [0.717, 1.165) is 11.1 Å². The fourth-order valence-electron chi connectivity index (χ4n) is 2.43. The number of aliphatic carboxylic acids is 1. The predicted octanol–water partition coefficient (Wildman–Crippen LogP) is 3.29. The molecule has 0 aliphatic carbocycles. The molecule has 0 radical (unpaired) electrons. The quantitative estimate of drug-likeness (QED) is 0.880. The van der Waals surface area contributed by atoms with Crippen molar-refractivity contribution in [2.75, 3.05) is 18.4 Å². The number of aryl methyl sites for hydroxylation is 2. The molecule has 0 saturated carbocycles. The number of carboxylic acids is 1. The maximum atomic E-state index is 12.2. The Morgan fingerprint density at radius 3 is 2.67 bits per heavy atom. The highest BCUT2D eigenvalue weighted by molar-refractivity contribution is 6.33. The Labute approximate surface area is 128 Å². The van der Waals surface area contributed by atoms with Gasteiger partial charge in [0.05, 0.1) is 16.6 Å². The van der Waals surface area contributed by atoms with Gasteiger partial charge in [0.2, 0.25) is 0 Å². The van der Waals surface area contributed by atoms with Gasteiger partial charge in [-0.1, -0.05) is 11.6 Å². The summed E-state index contributed by atoms with van der Waals surface area (Å²) in [6.07, 6.45) is 1.31. The molecule has 0 aromatic heterocycles. The zero-order valence-electron chi connectivity index (χ0n) is 12.1. The molecule has 1 atom stereocenters. The van der Waals surface area contributed by atoms with Crippen LogP contribution < -0.4 is 5.32 Å². The molecule has 1 saturated heterocycles. The summed E-state index contributed by atoms with van der Waals surface area (Å²) in [5.74, 6) is -1.34. The number of carbonyl (C=O) groups excluding carboxylic acids is 1. The summed E-state index contributed by atoms with van der Waals surface area (Å²) in [4.78, 5) is 24.8. The van der Waals surface area contributed by atoms with Gasteiger partial charge in [-0.3, -0.25) is 4.79 Å². The molecule has 0 spiro atoms. The van der Waals surface area contributed by atoms with Crippen LogP contribution in [0.5, 0.6) is 0 Å². The molecule has 1 fully saturated rings. The van der Waals surface area contributed by atoms with E-state index in [-0.39, 0.29) is 12.6 Å². The Morgan fingerprint density at radius 2 is 2.00 bits per heavy atom. The van der Waals surface area contributed by atoms with Gasteiger partial charge < -0.3 is 15.3 Å². The number of hydrogen-bond acceptors (Lipinski definition) is 2. The zero-order valence-corrected chi connectivity index (χ0v) is 12.9. The van der Waals surface area contributed by atoms with Crippen LogP contribution in [0.25, 0.3) is 0 Å². The molecule has 1 unspecified atom stereocenters. The largest absolute Gasteiger partial charge is 0.481 e. The van der Waals surface area contributed by atoms with Gasteiger partial charge in [0.25, 0.3) is 0 Å². The summed E-state index contributed by atoms with van der Waals surface area (Å²) < 4.78 is 0. The van der Waals surface area contributed by atoms with Crippen LogP contribution in [0.4, 0.5) is 10.5 Å². The van der Waals surface area contributed by atoms with Crippen LogP contribution in [0.2, 0.25) is 5.02 Å². The van der Waals surface area contributed by atoms with Gasteiger partial charge in [0.1, 0.15) is 0 Å². The summed E-state index contributed by atoms with van der Waals surface area (Å²) in [5.41, 5.74) is 2.65. The molecule has 2 rings (SSSR count). The molecule has 1 heterocycles. The first-order valence-corrected chi connectivity index (χ1v) is 7.31. The third kappa shape index (κ3) is 3.67. The smallest absolute Gasteiger partial charge is 0.321 e. The number of nitrogens with one attached hydrogen (secondary N) is 1. The molecule has 21 heavy (non-hydrogen) atoms. The summed E-state index contributed by atoms with van der Waals surface area (Å²) in [7, 11) is 0. The van der Waals surface area contributed by atoms with E-state index in [9.17, 15) is 9.59 Å². The number of carbonyl (C=O) groups is 2. The number of likely N-dealkylation sites (tertiary alicyclic amines) is 1. The zero-order chi connectivity index (χ0) is 15.6. The van der Waals surface area contributed by atoms with E-state index in [2.05, 4.69) is 5.32 Å². The summed E-state index contributed by atoms with van der Waals surface area (Å²) in [5, 5.41) is 12.3. The van der Waals surface area contributed by atoms with Crippen molar-refractivity contribution in [2.24, 2.45) is 5.92 Å². The number of anilines is 1. The molecule has 2 amide bonds. The highest BCUT2D eigenvalue weighted by atomic mass is 35.5. The number of hydrogen-bond donors (Lipinski definition) is 2. The number of benzene rings is 1. The average molecular weight is 311 g/mol. The molecule has 1 aromatic rings.